The topological polar surface area (TPSA) is 117 Å². The summed E-state index contributed by atoms with van der Waals surface area (Å²) in [6.45, 7) is 7.20. The Morgan fingerprint density at radius 1 is 1.03 bits per heavy atom. The van der Waals surface area contributed by atoms with Gasteiger partial charge in [-0.2, -0.15) is 4.98 Å². The van der Waals surface area contributed by atoms with Crippen LogP contribution in [-0.4, -0.2) is 28.3 Å². The van der Waals surface area contributed by atoms with Gasteiger partial charge in [-0.25, -0.2) is 4.98 Å². The number of phenolic OH excluding ortho intramolecular Hbond substituents is 1. The molecule has 5 N–H and O–H groups in total. The molecular weight excluding hydrogens is 380 g/mol. The minimum atomic E-state index is 0.148. The Balaban J connectivity index is 2.09. The molecule has 3 rings (SSSR count). The Hall–Kier alpha value is -3.48. The van der Waals surface area contributed by atoms with E-state index in [4.69, 9.17) is 20.9 Å². The summed E-state index contributed by atoms with van der Waals surface area (Å²) >= 11 is 0. The van der Waals surface area contributed by atoms with Gasteiger partial charge < -0.3 is 26.0 Å². The molecule has 1 aromatic heterocycles. The number of hydrogen-bond acceptors (Lipinski definition) is 7. The van der Waals surface area contributed by atoms with Crippen LogP contribution in [0.4, 0.5) is 11.8 Å². The van der Waals surface area contributed by atoms with Crippen LogP contribution in [0.2, 0.25) is 0 Å². The first kappa shape index (κ1) is 21.2. The van der Waals surface area contributed by atoms with E-state index in [0.717, 1.165) is 22.3 Å². The van der Waals surface area contributed by atoms with Crippen LogP contribution in [0.5, 0.6) is 17.2 Å². The van der Waals surface area contributed by atoms with Gasteiger partial charge in [0.15, 0.2) is 0 Å². The zero-order valence-electron chi connectivity index (χ0n) is 17.6. The molecule has 0 saturated heterocycles. The minimum absolute atomic E-state index is 0.148. The molecule has 30 heavy (non-hydrogen) atoms. The number of nitrogen functional groups attached to an aromatic ring is 2. The van der Waals surface area contributed by atoms with E-state index in [0.29, 0.717) is 42.9 Å². The van der Waals surface area contributed by atoms with Crippen LogP contribution in [-0.2, 0) is 6.42 Å². The van der Waals surface area contributed by atoms with Gasteiger partial charge in [0.05, 0.1) is 18.8 Å². The maximum Gasteiger partial charge on any atom is 0.221 e. The van der Waals surface area contributed by atoms with Crippen molar-refractivity contribution < 1.29 is 14.6 Å². The molecule has 0 aliphatic rings. The Labute approximate surface area is 176 Å². The number of rotatable bonds is 8. The molecule has 0 spiro atoms. The van der Waals surface area contributed by atoms with E-state index < -0.39 is 0 Å². The molecule has 0 radical (unpaired) electrons. The summed E-state index contributed by atoms with van der Waals surface area (Å²) in [6, 6.07) is 11.0. The minimum Gasteiger partial charge on any atom is -0.508 e. The largest absolute Gasteiger partial charge is 0.508 e. The van der Waals surface area contributed by atoms with Gasteiger partial charge >= 0.3 is 0 Å². The highest BCUT2D eigenvalue weighted by Crippen LogP contribution is 2.41. The Morgan fingerprint density at radius 3 is 2.30 bits per heavy atom. The number of aromatic hydroxyl groups is 1. The van der Waals surface area contributed by atoms with Crippen LogP contribution in [0, 0.1) is 5.92 Å². The summed E-state index contributed by atoms with van der Waals surface area (Å²) in [5, 5.41) is 9.68. The first-order valence-corrected chi connectivity index (χ1v) is 9.96. The van der Waals surface area contributed by atoms with Crippen molar-refractivity contribution >= 4 is 11.8 Å². The first-order chi connectivity index (χ1) is 14.4. The third-order valence-electron chi connectivity index (χ3n) is 4.47. The van der Waals surface area contributed by atoms with Gasteiger partial charge in [0.25, 0.3) is 0 Å². The smallest absolute Gasteiger partial charge is 0.221 e. The zero-order valence-corrected chi connectivity index (χ0v) is 17.6. The van der Waals surface area contributed by atoms with Crippen molar-refractivity contribution in [1.82, 2.24) is 9.97 Å². The van der Waals surface area contributed by atoms with Crippen LogP contribution in [0.3, 0.4) is 0 Å². The van der Waals surface area contributed by atoms with E-state index in [2.05, 4.69) is 23.8 Å². The van der Waals surface area contributed by atoms with Crippen molar-refractivity contribution in [3.63, 3.8) is 0 Å². The second-order valence-corrected chi connectivity index (χ2v) is 7.47. The quantitative estimate of drug-likeness (QED) is 0.515. The molecule has 1 heterocycles. The molecule has 0 bridgehead atoms. The summed E-state index contributed by atoms with van der Waals surface area (Å²) in [4.78, 5) is 8.09. The maximum absolute atomic E-state index is 9.68. The molecule has 7 nitrogen and oxygen atoms in total. The monoisotopic (exact) mass is 408 g/mol. The average molecular weight is 409 g/mol. The number of phenols is 1. The fourth-order valence-corrected chi connectivity index (χ4v) is 3.09. The van der Waals surface area contributed by atoms with Gasteiger partial charge in [-0.3, -0.25) is 0 Å². The lowest BCUT2D eigenvalue weighted by Gasteiger charge is -2.19. The summed E-state index contributed by atoms with van der Waals surface area (Å²) in [5.74, 6) is 2.48. The van der Waals surface area contributed by atoms with Crippen molar-refractivity contribution in [1.29, 1.82) is 0 Å². The predicted octanol–water partition coefficient (Wildman–Crippen LogP) is 4.04. The number of aromatic nitrogens is 2. The molecule has 3 aromatic rings. The molecule has 158 valence electrons. The van der Waals surface area contributed by atoms with Gasteiger partial charge in [-0.15, -0.1) is 0 Å². The van der Waals surface area contributed by atoms with Crippen molar-refractivity contribution in [3.05, 3.63) is 53.7 Å². The zero-order chi connectivity index (χ0) is 21.7. The highest BCUT2D eigenvalue weighted by molar-refractivity contribution is 5.78. The van der Waals surface area contributed by atoms with Crippen LogP contribution >= 0.6 is 0 Å². The summed E-state index contributed by atoms with van der Waals surface area (Å²) in [6.07, 6.45) is 2.15. The van der Waals surface area contributed by atoms with Crippen LogP contribution in [0.15, 0.2) is 42.6 Å². The second-order valence-electron chi connectivity index (χ2n) is 7.47. The normalized spacial score (nSPS) is 10.9. The average Bonchev–Trinajstić information content (AvgIpc) is 2.69. The van der Waals surface area contributed by atoms with Crippen molar-refractivity contribution in [3.8, 4) is 28.4 Å². The SMILES string of the molecule is CCOc1cc(Cc2cnc(N)nc2N)cc(OCC(C)C)c1-c1ccc(O)cc1. The van der Waals surface area contributed by atoms with Crippen LogP contribution < -0.4 is 20.9 Å². The summed E-state index contributed by atoms with van der Waals surface area (Å²) in [7, 11) is 0. The van der Waals surface area contributed by atoms with E-state index in [-0.39, 0.29) is 11.7 Å². The predicted molar refractivity (Wildman–Crippen MR) is 119 cm³/mol. The Bertz CT molecular complexity index is 1000. The van der Waals surface area contributed by atoms with Gasteiger partial charge in [0, 0.05) is 18.2 Å². The number of benzene rings is 2. The molecule has 0 aliphatic carbocycles. The molecule has 0 amide bonds. The molecule has 0 aliphatic heterocycles. The lowest BCUT2D eigenvalue weighted by Crippen LogP contribution is -2.08. The highest BCUT2D eigenvalue weighted by atomic mass is 16.5. The fourth-order valence-electron chi connectivity index (χ4n) is 3.09. The summed E-state index contributed by atoms with van der Waals surface area (Å²) in [5.41, 5.74) is 15.1. The van der Waals surface area contributed by atoms with Gasteiger partial charge in [0.2, 0.25) is 5.95 Å². The third kappa shape index (κ3) is 5.11. The molecule has 0 fully saturated rings. The lowest BCUT2D eigenvalue weighted by molar-refractivity contribution is 0.269. The first-order valence-electron chi connectivity index (χ1n) is 9.96. The van der Waals surface area contributed by atoms with E-state index in [1.165, 1.54) is 0 Å². The van der Waals surface area contributed by atoms with E-state index in [1.807, 2.05) is 31.2 Å². The van der Waals surface area contributed by atoms with Crippen molar-refractivity contribution in [2.45, 2.75) is 27.2 Å². The number of ether oxygens (including phenoxy) is 2. The lowest BCUT2D eigenvalue weighted by atomic mass is 9.98. The van der Waals surface area contributed by atoms with Crippen LogP contribution in [0.1, 0.15) is 31.9 Å². The van der Waals surface area contributed by atoms with E-state index >= 15 is 0 Å². The highest BCUT2D eigenvalue weighted by Gasteiger charge is 2.17. The molecule has 0 unspecified atom stereocenters. The molecular formula is C23H28N4O3. The van der Waals surface area contributed by atoms with E-state index in [9.17, 15) is 5.11 Å². The molecule has 2 aromatic carbocycles. The summed E-state index contributed by atoms with van der Waals surface area (Å²) < 4.78 is 12.1. The second kappa shape index (κ2) is 9.35. The number of nitrogens with two attached hydrogens (primary N) is 2. The molecule has 7 heteroatoms. The number of nitrogens with zero attached hydrogens (tertiary/aromatic N) is 2. The fraction of sp³-hybridized carbons (Fsp3) is 0.304. The number of hydrogen-bond donors (Lipinski definition) is 3. The maximum atomic E-state index is 9.68. The van der Waals surface area contributed by atoms with Crippen molar-refractivity contribution in [2.24, 2.45) is 5.92 Å². The third-order valence-corrected chi connectivity index (χ3v) is 4.47. The van der Waals surface area contributed by atoms with Gasteiger partial charge in [-0.05, 0) is 48.2 Å². The van der Waals surface area contributed by atoms with E-state index in [1.54, 1.807) is 18.3 Å². The molecule has 0 saturated carbocycles. The van der Waals surface area contributed by atoms with Crippen LogP contribution in [0.25, 0.3) is 11.1 Å². The number of anilines is 2. The van der Waals surface area contributed by atoms with Crippen molar-refractivity contribution in [2.75, 3.05) is 24.7 Å². The van der Waals surface area contributed by atoms with Gasteiger partial charge in [0.1, 0.15) is 23.1 Å². The Kier molecular flexibility index (Phi) is 6.61. The molecule has 0 atom stereocenters. The standard InChI is InChI=1S/C23H28N4O3/c1-4-29-19-10-15(9-17-12-26-23(25)27-22(17)24)11-20(30-13-14(2)3)21(19)16-5-7-18(28)8-6-16/h5-8,10-12,14,28H,4,9,13H2,1-3H3,(H4,24,25,26,27). The van der Waals surface area contributed by atoms with Gasteiger partial charge in [-0.1, -0.05) is 26.0 Å². The Morgan fingerprint density at radius 2 is 1.70 bits per heavy atom.